The molecule has 4 nitrogen and oxygen atoms in total. The van der Waals surface area contributed by atoms with Gasteiger partial charge in [-0.3, -0.25) is 4.84 Å². The summed E-state index contributed by atoms with van der Waals surface area (Å²) in [5.41, 5.74) is 5.82. The van der Waals surface area contributed by atoms with Gasteiger partial charge in [0.2, 0.25) is 0 Å². The standard InChI is InChI=1S/C27H33NO3/c1-4-7-22-10-18-27(19-11-22)30-20-23-8-12-24(13-9-23)25-14-16-26(17-15-25)28(31-6-3)21-29-5-2/h8-19H,4-7,20-21H2,1-3H3. The summed E-state index contributed by atoms with van der Waals surface area (Å²) in [4.78, 5) is 5.67. The van der Waals surface area contributed by atoms with Crippen LogP contribution in [0, 0.1) is 0 Å². The van der Waals surface area contributed by atoms with Crippen molar-refractivity contribution in [1.82, 2.24) is 0 Å². The Morgan fingerprint density at radius 2 is 1.29 bits per heavy atom. The molecule has 31 heavy (non-hydrogen) atoms. The fourth-order valence-electron chi connectivity index (χ4n) is 3.34. The molecule has 0 heterocycles. The normalized spacial score (nSPS) is 10.8. The van der Waals surface area contributed by atoms with Crippen LogP contribution in [0.25, 0.3) is 11.1 Å². The molecule has 0 N–H and O–H groups in total. The Hall–Kier alpha value is -2.82. The van der Waals surface area contributed by atoms with Crippen molar-refractivity contribution in [1.29, 1.82) is 0 Å². The van der Waals surface area contributed by atoms with Crippen molar-refractivity contribution < 1.29 is 14.3 Å². The first-order valence-electron chi connectivity index (χ1n) is 11.1. The van der Waals surface area contributed by atoms with Crippen molar-refractivity contribution in [2.75, 3.05) is 25.0 Å². The van der Waals surface area contributed by atoms with Gasteiger partial charge in [-0.2, -0.15) is 0 Å². The first kappa shape index (κ1) is 22.9. The summed E-state index contributed by atoms with van der Waals surface area (Å²) < 4.78 is 11.4. The molecule has 0 amide bonds. The van der Waals surface area contributed by atoms with Crippen molar-refractivity contribution in [3.8, 4) is 16.9 Å². The van der Waals surface area contributed by atoms with Crippen LogP contribution in [0.2, 0.25) is 0 Å². The van der Waals surface area contributed by atoms with Gasteiger partial charge in [0.1, 0.15) is 19.1 Å². The van der Waals surface area contributed by atoms with Crippen molar-refractivity contribution >= 4 is 5.69 Å². The number of nitrogens with zero attached hydrogens (tertiary/aromatic N) is 1. The Balaban J connectivity index is 1.59. The van der Waals surface area contributed by atoms with E-state index in [-0.39, 0.29) is 0 Å². The molecule has 0 aromatic heterocycles. The van der Waals surface area contributed by atoms with Crippen LogP contribution in [-0.2, 0) is 22.6 Å². The second-order valence-corrected chi connectivity index (χ2v) is 7.34. The van der Waals surface area contributed by atoms with Crippen LogP contribution < -0.4 is 9.80 Å². The fourth-order valence-corrected chi connectivity index (χ4v) is 3.34. The van der Waals surface area contributed by atoms with Crippen LogP contribution in [0.15, 0.2) is 72.8 Å². The molecule has 164 valence electrons. The average molecular weight is 420 g/mol. The van der Waals surface area contributed by atoms with E-state index < -0.39 is 0 Å². The average Bonchev–Trinajstić information content (AvgIpc) is 2.82. The minimum atomic E-state index is 0.416. The molecule has 0 spiro atoms. The predicted octanol–water partition coefficient (Wildman–Crippen LogP) is 6.64. The maximum absolute atomic E-state index is 5.94. The molecule has 3 rings (SSSR count). The summed E-state index contributed by atoms with van der Waals surface area (Å²) in [6.45, 7) is 8.38. The van der Waals surface area contributed by atoms with E-state index in [2.05, 4.69) is 79.7 Å². The molecular formula is C27H33NO3. The van der Waals surface area contributed by atoms with Gasteiger partial charge < -0.3 is 9.47 Å². The third-order valence-corrected chi connectivity index (χ3v) is 5.01. The maximum atomic E-state index is 5.94. The summed E-state index contributed by atoms with van der Waals surface area (Å²) in [6, 6.07) is 25.2. The molecule has 0 unspecified atom stereocenters. The Morgan fingerprint density at radius 1 is 0.677 bits per heavy atom. The van der Waals surface area contributed by atoms with Gasteiger partial charge in [-0.05, 0) is 66.8 Å². The molecule has 0 bridgehead atoms. The van der Waals surface area contributed by atoms with Gasteiger partial charge in [-0.15, -0.1) is 0 Å². The zero-order valence-electron chi connectivity index (χ0n) is 18.8. The van der Waals surface area contributed by atoms with E-state index in [9.17, 15) is 0 Å². The molecule has 4 heteroatoms. The van der Waals surface area contributed by atoms with Crippen molar-refractivity contribution in [2.45, 2.75) is 40.2 Å². The zero-order chi connectivity index (χ0) is 21.9. The van der Waals surface area contributed by atoms with Gasteiger partial charge in [0.05, 0.1) is 12.3 Å². The second-order valence-electron chi connectivity index (χ2n) is 7.34. The molecule has 0 aliphatic carbocycles. The molecule has 0 aliphatic rings. The Kier molecular flexibility index (Phi) is 8.95. The van der Waals surface area contributed by atoms with Gasteiger partial charge in [-0.25, -0.2) is 5.06 Å². The summed E-state index contributed by atoms with van der Waals surface area (Å²) in [6.07, 6.45) is 2.27. The molecule has 0 saturated carbocycles. The largest absolute Gasteiger partial charge is 0.489 e. The lowest BCUT2D eigenvalue weighted by atomic mass is 10.0. The number of ether oxygens (including phenoxy) is 2. The maximum Gasteiger partial charge on any atom is 0.143 e. The summed E-state index contributed by atoms with van der Waals surface area (Å²) in [5.74, 6) is 0.908. The van der Waals surface area contributed by atoms with E-state index in [1.807, 2.05) is 13.8 Å². The summed E-state index contributed by atoms with van der Waals surface area (Å²) >= 11 is 0. The number of rotatable bonds is 12. The van der Waals surface area contributed by atoms with Gasteiger partial charge in [0.15, 0.2) is 0 Å². The van der Waals surface area contributed by atoms with E-state index in [0.717, 1.165) is 35.4 Å². The van der Waals surface area contributed by atoms with E-state index in [0.29, 0.717) is 26.6 Å². The van der Waals surface area contributed by atoms with E-state index >= 15 is 0 Å². The number of hydroxylamine groups is 1. The second kappa shape index (κ2) is 12.1. The first-order chi connectivity index (χ1) is 15.2. The minimum absolute atomic E-state index is 0.416. The van der Waals surface area contributed by atoms with E-state index in [1.165, 1.54) is 11.1 Å². The zero-order valence-corrected chi connectivity index (χ0v) is 18.8. The molecule has 3 aromatic rings. The van der Waals surface area contributed by atoms with E-state index in [4.69, 9.17) is 14.3 Å². The van der Waals surface area contributed by atoms with E-state index in [1.54, 1.807) is 5.06 Å². The van der Waals surface area contributed by atoms with Crippen LogP contribution >= 0.6 is 0 Å². The highest BCUT2D eigenvalue weighted by Crippen LogP contribution is 2.24. The highest BCUT2D eigenvalue weighted by Gasteiger charge is 2.07. The topological polar surface area (TPSA) is 30.9 Å². The highest BCUT2D eigenvalue weighted by molar-refractivity contribution is 5.66. The number of hydrogen-bond acceptors (Lipinski definition) is 4. The number of anilines is 1. The molecular weight excluding hydrogens is 386 g/mol. The van der Waals surface area contributed by atoms with Crippen LogP contribution in [0.1, 0.15) is 38.3 Å². The van der Waals surface area contributed by atoms with Crippen LogP contribution in [0.3, 0.4) is 0 Å². The van der Waals surface area contributed by atoms with Crippen molar-refractivity contribution in [3.05, 3.63) is 83.9 Å². The lowest BCUT2D eigenvalue weighted by molar-refractivity contribution is 0.0327. The molecule has 0 fully saturated rings. The minimum Gasteiger partial charge on any atom is -0.489 e. The van der Waals surface area contributed by atoms with Gasteiger partial charge >= 0.3 is 0 Å². The van der Waals surface area contributed by atoms with Gasteiger partial charge in [0.25, 0.3) is 0 Å². The predicted molar refractivity (Wildman–Crippen MR) is 127 cm³/mol. The number of aryl methyl sites for hydroxylation is 1. The summed E-state index contributed by atoms with van der Waals surface area (Å²) in [5, 5.41) is 1.78. The number of hydrogen-bond donors (Lipinski definition) is 0. The molecule has 0 radical (unpaired) electrons. The highest BCUT2D eigenvalue weighted by atomic mass is 16.7. The fraction of sp³-hybridized carbons (Fsp3) is 0.333. The Morgan fingerprint density at radius 3 is 1.87 bits per heavy atom. The van der Waals surface area contributed by atoms with Crippen LogP contribution in [0.4, 0.5) is 5.69 Å². The molecule has 3 aromatic carbocycles. The Labute approximate surface area is 186 Å². The third kappa shape index (κ3) is 6.84. The van der Waals surface area contributed by atoms with Gasteiger partial charge in [-0.1, -0.05) is 61.9 Å². The lowest BCUT2D eigenvalue weighted by Gasteiger charge is -2.23. The van der Waals surface area contributed by atoms with Crippen LogP contribution in [-0.4, -0.2) is 19.9 Å². The quantitative estimate of drug-likeness (QED) is 0.243. The molecule has 0 aliphatic heterocycles. The lowest BCUT2D eigenvalue weighted by Crippen LogP contribution is -2.26. The smallest absolute Gasteiger partial charge is 0.143 e. The number of benzene rings is 3. The van der Waals surface area contributed by atoms with Crippen molar-refractivity contribution in [3.63, 3.8) is 0 Å². The van der Waals surface area contributed by atoms with Gasteiger partial charge in [0, 0.05) is 6.61 Å². The Bertz CT molecular complexity index is 889. The first-order valence-corrected chi connectivity index (χ1v) is 11.1. The third-order valence-electron chi connectivity index (χ3n) is 5.01. The monoisotopic (exact) mass is 419 g/mol. The SMILES string of the molecule is CCCc1ccc(OCc2ccc(-c3ccc(N(COCC)OCC)cc3)cc2)cc1. The molecule has 0 atom stereocenters. The summed E-state index contributed by atoms with van der Waals surface area (Å²) in [7, 11) is 0. The van der Waals surface area contributed by atoms with Crippen LogP contribution in [0.5, 0.6) is 5.75 Å². The molecule has 0 saturated heterocycles. The van der Waals surface area contributed by atoms with Crippen molar-refractivity contribution in [2.24, 2.45) is 0 Å².